The summed E-state index contributed by atoms with van der Waals surface area (Å²) in [5.74, 6) is 3.50. The number of hydrogen-bond acceptors (Lipinski definition) is 1. The zero-order chi connectivity index (χ0) is 9.41. The van der Waals surface area contributed by atoms with Crippen LogP contribution in [0, 0.1) is 18.3 Å². The van der Waals surface area contributed by atoms with Crippen molar-refractivity contribution < 1.29 is 0 Å². The highest BCUT2D eigenvalue weighted by atomic mass is 35.5. The van der Waals surface area contributed by atoms with Crippen molar-refractivity contribution in [3.05, 3.63) is 0 Å². The van der Waals surface area contributed by atoms with Gasteiger partial charge in [-0.2, -0.15) is 0 Å². The Bertz CT molecular complexity index is 208. The molecule has 0 aromatic heterocycles. The van der Waals surface area contributed by atoms with Crippen LogP contribution in [-0.2, 0) is 0 Å². The monoisotopic (exact) mass is 217 g/mol. The van der Waals surface area contributed by atoms with Crippen LogP contribution >= 0.6 is 12.4 Å². The standard InChI is InChI=1S/C10H19NSi.ClH/c1-5-10(11)6-9(7-10)8-12(2,3)4;/h1,9H,6-8,11H2,2-4H3;1H. The van der Waals surface area contributed by atoms with Gasteiger partial charge in [0.1, 0.15) is 0 Å². The van der Waals surface area contributed by atoms with Crippen molar-refractivity contribution in [1.29, 1.82) is 0 Å². The Labute approximate surface area is 88.9 Å². The number of rotatable bonds is 2. The summed E-state index contributed by atoms with van der Waals surface area (Å²) in [5.41, 5.74) is 5.64. The van der Waals surface area contributed by atoms with E-state index in [9.17, 15) is 0 Å². The Morgan fingerprint density at radius 3 is 2.23 bits per heavy atom. The van der Waals surface area contributed by atoms with E-state index in [1.807, 2.05) is 0 Å². The van der Waals surface area contributed by atoms with Gasteiger partial charge in [-0.15, -0.1) is 18.8 Å². The van der Waals surface area contributed by atoms with Crippen LogP contribution in [0.4, 0.5) is 0 Å². The van der Waals surface area contributed by atoms with E-state index >= 15 is 0 Å². The zero-order valence-electron chi connectivity index (χ0n) is 8.76. The second-order valence-electron chi connectivity index (χ2n) is 5.34. The van der Waals surface area contributed by atoms with E-state index < -0.39 is 8.07 Å². The summed E-state index contributed by atoms with van der Waals surface area (Å²) in [7, 11) is -0.889. The highest BCUT2D eigenvalue weighted by molar-refractivity contribution is 6.76. The van der Waals surface area contributed by atoms with Gasteiger partial charge in [-0.3, -0.25) is 0 Å². The molecule has 0 heterocycles. The molecular formula is C10H20ClNSi. The van der Waals surface area contributed by atoms with Crippen LogP contribution < -0.4 is 5.73 Å². The molecular weight excluding hydrogens is 198 g/mol. The Morgan fingerprint density at radius 1 is 1.46 bits per heavy atom. The first-order valence-corrected chi connectivity index (χ1v) is 8.32. The lowest BCUT2D eigenvalue weighted by Gasteiger charge is -2.43. The van der Waals surface area contributed by atoms with Crippen molar-refractivity contribution in [1.82, 2.24) is 0 Å². The van der Waals surface area contributed by atoms with Gasteiger partial charge >= 0.3 is 0 Å². The topological polar surface area (TPSA) is 26.0 Å². The van der Waals surface area contributed by atoms with Gasteiger partial charge in [-0.1, -0.05) is 31.6 Å². The molecule has 0 unspecified atom stereocenters. The van der Waals surface area contributed by atoms with Crippen molar-refractivity contribution in [2.45, 2.75) is 44.1 Å². The Balaban J connectivity index is 0.00000144. The lowest BCUT2D eigenvalue weighted by atomic mass is 9.70. The summed E-state index contributed by atoms with van der Waals surface area (Å²) in [6.07, 6.45) is 7.43. The summed E-state index contributed by atoms with van der Waals surface area (Å²) in [6.45, 7) is 7.21. The van der Waals surface area contributed by atoms with Gasteiger partial charge in [0.05, 0.1) is 5.54 Å². The number of hydrogen-bond donors (Lipinski definition) is 1. The molecule has 3 heteroatoms. The molecule has 1 rings (SSSR count). The molecule has 1 aliphatic carbocycles. The van der Waals surface area contributed by atoms with E-state index in [0.717, 1.165) is 18.8 Å². The van der Waals surface area contributed by atoms with E-state index in [1.165, 1.54) is 6.04 Å². The van der Waals surface area contributed by atoms with Crippen LogP contribution in [0.1, 0.15) is 12.8 Å². The summed E-state index contributed by atoms with van der Waals surface area (Å²) in [4.78, 5) is 0. The molecule has 1 nitrogen and oxygen atoms in total. The van der Waals surface area contributed by atoms with Crippen molar-refractivity contribution in [3.63, 3.8) is 0 Å². The molecule has 1 saturated carbocycles. The summed E-state index contributed by atoms with van der Waals surface area (Å²) >= 11 is 0. The molecule has 0 bridgehead atoms. The SMILES string of the molecule is C#CC1(N)CC(C[Si](C)(C)C)C1.Cl. The molecule has 13 heavy (non-hydrogen) atoms. The molecule has 76 valence electrons. The maximum absolute atomic E-state index is 5.89. The maximum Gasteiger partial charge on any atom is 0.0778 e. The van der Waals surface area contributed by atoms with Gasteiger partial charge < -0.3 is 5.73 Å². The summed E-state index contributed by atoms with van der Waals surface area (Å²) in [5, 5.41) is 0. The molecule has 0 radical (unpaired) electrons. The van der Waals surface area contributed by atoms with Crippen LogP contribution in [0.3, 0.4) is 0 Å². The number of halogens is 1. The van der Waals surface area contributed by atoms with Gasteiger partial charge in [-0.25, -0.2) is 0 Å². The first kappa shape index (κ1) is 13.0. The number of nitrogens with two attached hydrogens (primary N) is 1. The third-order valence-corrected chi connectivity index (χ3v) is 4.30. The van der Waals surface area contributed by atoms with Crippen LogP contribution in [0.15, 0.2) is 0 Å². The predicted molar refractivity (Wildman–Crippen MR) is 63.9 cm³/mol. The Hall–Kier alpha value is 0.0269. The van der Waals surface area contributed by atoms with Crippen LogP contribution in [0.5, 0.6) is 0 Å². The Morgan fingerprint density at radius 2 is 1.92 bits per heavy atom. The average Bonchev–Trinajstić information content (AvgIpc) is 1.81. The molecule has 1 fully saturated rings. The molecule has 0 amide bonds. The smallest absolute Gasteiger partial charge is 0.0778 e. The minimum absolute atomic E-state index is 0. The predicted octanol–water partition coefficient (Wildman–Crippen LogP) is 2.49. The molecule has 0 atom stereocenters. The summed E-state index contributed by atoms with van der Waals surface area (Å²) in [6, 6.07) is 1.38. The van der Waals surface area contributed by atoms with E-state index in [-0.39, 0.29) is 17.9 Å². The second kappa shape index (κ2) is 4.04. The highest BCUT2D eigenvalue weighted by Crippen LogP contribution is 2.40. The second-order valence-corrected chi connectivity index (χ2v) is 10.9. The maximum atomic E-state index is 5.89. The first-order valence-electron chi connectivity index (χ1n) is 4.61. The average molecular weight is 218 g/mol. The zero-order valence-corrected chi connectivity index (χ0v) is 10.6. The van der Waals surface area contributed by atoms with E-state index in [2.05, 4.69) is 25.6 Å². The minimum atomic E-state index is -0.889. The van der Waals surface area contributed by atoms with E-state index in [0.29, 0.717) is 0 Å². The lowest BCUT2D eigenvalue weighted by molar-refractivity contribution is 0.223. The molecule has 0 aliphatic heterocycles. The van der Waals surface area contributed by atoms with Crippen molar-refractivity contribution in [2.24, 2.45) is 11.7 Å². The molecule has 2 N–H and O–H groups in total. The van der Waals surface area contributed by atoms with Crippen molar-refractivity contribution in [2.75, 3.05) is 0 Å². The third kappa shape index (κ3) is 3.72. The van der Waals surface area contributed by atoms with Gasteiger partial charge in [0.2, 0.25) is 0 Å². The fraction of sp³-hybridized carbons (Fsp3) is 0.800. The number of terminal acetylenes is 1. The fourth-order valence-corrected chi connectivity index (χ4v) is 4.12. The summed E-state index contributed by atoms with van der Waals surface area (Å²) < 4.78 is 0. The van der Waals surface area contributed by atoms with Crippen LogP contribution in [-0.4, -0.2) is 13.6 Å². The van der Waals surface area contributed by atoms with Crippen molar-refractivity contribution in [3.8, 4) is 12.3 Å². The lowest BCUT2D eigenvalue weighted by Crippen LogP contribution is -2.51. The molecule has 0 aromatic rings. The van der Waals surface area contributed by atoms with Gasteiger partial charge in [0, 0.05) is 8.07 Å². The van der Waals surface area contributed by atoms with Gasteiger partial charge in [-0.05, 0) is 18.8 Å². The highest BCUT2D eigenvalue weighted by Gasteiger charge is 2.40. The largest absolute Gasteiger partial charge is 0.315 e. The third-order valence-electron chi connectivity index (χ3n) is 2.49. The molecule has 0 aromatic carbocycles. The molecule has 0 spiro atoms. The first-order chi connectivity index (χ1) is 5.35. The fourth-order valence-electron chi connectivity index (χ4n) is 2.10. The van der Waals surface area contributed by atoms with Crippen LogP contribution in [0.2, 0.25) is 25.7 Å². The van der Waals surface area contributed by atoms with Gasteiger partial charge in [0.25, 0.3) is 0 Å². The normalized spacial score (nSPS) is 32.7. The molecule has 1 aliphatic rings. The Kier molecular flexibility index (Phi) is 4.05. The van der Waals surface area contributed by atoms with Gasteiger partial charge in [0.15, 0.2) is 0 Å². The minimum Gasteiger partial charge on any atom is -0.315 e. The quantitative estimate of drug-likeness (QED) is 0.558. The molecule has 0 saturated heterocycles. The van der Waals surface area contributed by atoms with E-state index in [1.54, 1.807) is 0 Å². The van der Waals surface area contributed by atoms with E-state index in [4.69, 9.17) is 12.2 Å². The van der Waals surface area contributed by atoms with Crippen molar-refractivity contribution >= 4 is 20.5 Å². The van der Waals surface area contributed by atoms with Crippen LogP contribution in [0.25, 0.3) is 0 Å².